The normalized spacial score (nSPS) is 10.0. The highest BCUT2D eigenvalue weighted by atomic mass is 15.1. The van der Waals surface area contributed by atoms with E-state index < -0.39 is 0 Å². The average molecular weight is 151 g/mol. The molecule has 0 atom stereocenters. The van der Waals surface area contributed by atoms with Gasteiger partial charge in [0.1, 0.15) is 0 Å². The second-order valence-corrected chi connectivity index (χ2v) is 2.64. The summed E-state index contributed by atoms with van der Waals surface area (Å²) in [6, 6.07) is 1.86. The van der Waals surface area contributed by atoms with Gasteiger partial charge in [-0.1, -0.05) is 13.3 Å². The molecule has 1 aromatic heterocycles. The highest BCUT2D eigenvalue weighted by Crippen LogP contribution is 2.09. The molecule has 1 rings (SSSR count). The molecule has 0 spiro atoms. The Morgan fingerprint density at radius 2 is 2.18 bits per heavy atom. The predicted molar refractivity (Wildman–Crippen MR) is 45.2 cm³/mol. The Bertz CT molecular complexity index is 245. The maximum Gasteiger partial charge on any atom is 0.0859 e. The fraction of sp³-hybridized carbons (Fsp3) is 0.500. The summed E-state index contributed by atoms with van der Waals surface area (Å²) in [6.07, 6.45) is 1.97. The van der Waals surface area contributed by atoms with Gasteiger partial charge in [0.05, 0.1) is 17.1 Å². The molecule has 0 saturated heterocycles. The minimum Gasteiger partial charge on any atom is -0.397 e. The largest absolute Gasteiger partial charge is 0.397 e. The maximum atomic E-state index is 5.70. The zero-order valence-corrected chi connectivity index (χ0v) is 6.96. The summed E-state index contributed by atoms with van der Waals surface area (Å²) in [5.41, 5.74) is 8.26. The van der Waals surface area contributed by atoms with E-state index >= 15 is 0 Å². The van der Waals surface area contributed by atoms with Gasteiger partial charge in [0, 0.05) is 0 Å². The molecule has 0 aliphatic carbocycles. The van der Waals surface area contributed by atoms with E-state index in [1.807, 2.05) is 13.0 Å². The smallest absolute Gasteiger partial charge is 0.0859 e. The molecule has 0 unspecified atom stereocenters. The third kappa shape index (κ3) is 1.90. The van der Waals surface area contributed by atoms with E-state index in [1.165, 1.54) is 0 Å². The summed E-state index contributed by atoms with van der Waals surface area (Å²) in [7, 11) is 0. The van der Waals surface area contributed by atoms with Crippen molar-refractivity contribution in [3.63, 3.8) is 0 Å². The molecule has 0 amide bonds. The molecule has 1 aromatic rings. The minimum absolute atomic E-state index is 0.763. The van der Waals surface area contributed by atoms with E-state index in [-0.39, 0.29) is 0 Å². The summed E-state index contributed by atoms with van der Waals surface area (Å²) in [6.45, 7) is 3.99. The highest BCUT2D eigenvalue weighted by molar-refractivity contribution is 5.42. The van der Waals surface area contributed by atoms with Crippen LogP contribution in [0.5, 0.6) is 0 Å². The van der Waals surface area contributed by atoms with Gasteiger partial charge < -0.3 is 5.73 Å². The number of hydrogen-bond donors (Lipinski definition) is 1. The number of aromatic nitrogens is 2. The van der Waals surface area contributed by atoms with Crippen molar-refractivity contribution >= 4 is 5.69 Å². The van der Waals surface area contributed by atoms with Gasteiger partial charge in [-0.3, -0.25) is 0 Å². The third-order valence-electron chi connectivity index (χ3n) is 1.51. The Balaban J connectivity index is 2.90. The van der Waals surface area contributed by atoms with E-state index in [4.69, 9.17) is 5.73 Å². The van der Waals surface area contributed by atoms with Crippen molar-refractivity contribution in [3.8, 4) is 0 Å². The molecule has 0 radical (unpaired) electrons. The van der Waals surface area contributed by atoms with Gasteiger partial charge in [-0.15, -0.1) is 0 Å². The molecule has 2 N–H and O–H groups in total. The predicted octanol–water partition coefficient (Wildman–Crippen LogP) is 1.32. The summed E-state index contributed by atoms with van der Waals surface area (Å²) in [5.74, 6) is 0. The molecule has 3 heteroatoms. The summed E-state index contributed by atoms with van der Waals surface area (Å²) in [5, 5.41) is 7.92. The standard InChI is InChI=1S/C8H13N3/c1-3-4-8-7(9)5-6(2)10-11-8/h5H,3-4H2,1-2H3,(H2,9,10). The number of nitrogens with two attached hydrogens (primary N) is 1. The fourth-order valence-electron chi connectivity index (χ4n) is 0.965. The second kappa shape index (κ2) is 3.32. The molecule has 11 heavy (non-hydrogen) atoms. The quantitative estimate of drug-likeness (QED) is 0.693. The monoisotopic (exact) mass is 151 g/mol. The zero-order valence-electron chi connectivity index (χ0n) is 6.96. The molecule has 1 heterocycles. The fourth-order valence-corrected chi connectivity index (χ4v) is 0.965. The van der Waals surface area contributed by atoms with Gasteiger partial charge in [-0.2, -0.15) is 10.2 Å². The first-order valence-corrected chi connectivity index (χ1v) is 3.82. The Morgan fingerprint density at radius 3 is 2.73 bits per heavy atom. The van der Waals surface area contributed by atoms with Crippen molar-refractivity contribution in [1.82, 2.24) is 10.2 Å². The lowest BCUT2D eigenvalue weighted by atomic mass is 10.2. The van der Waals surface area contributed by atoms with Crippen LogP contribution in [0.15, 0.2) is 6.07 Å². The molecule has 60 valence electrons. The third-order valence-corrected chi connectivity index (χ3v) is 1.51. The van der Waals surface area contributed by atoms with Crippen LogP contribution in [0, 0.1) is 6.92 Å². The summed E-state index contributed by atoms with van der Waals surface area (Å²) < 4.78 is 0. The summed E-state index contributed by atoms with van der Waals surface area (Å²) in [4.78, 5) is 0. The molecule has 0 aliphatic rings. The number of nitrogens with zero attached hydrogens (tertiary/aromatic N) is 2. The minimum atomic E-state index is 0.763. The van der Waals surface area contributed by atoms with Gasteiger partial charge in [0.25, 0.3) is 0 Å². The lowest BCUT2D eigenvalue weighted by molar-refractivity contribution is 0.831. The lowest BCUT2D eigenvalue weighted by Gasteiger charge is -2.01. The SMILES string of the molecule is CCCc1nnc(C)cc1N. The van der Waals surface area contributed by atoms with Gasteiger partial charge >= 0.3 is 0 Å². The van der Waals surface area contributed by atoms with E-state index in [1.54, 1.807) is 0 Å². The number of anilines is 1. The van der Waals surface area contributed by atoms with Crippen LogP contribution in [0.3, 0.4) is 0 Å². The maximum absolute atomic E-state index is 5.70. The number of rotatable bonds is 2. The Kier molecular flexibility index (Phi) is 2.41. The second-order valence-electron chi connectivity index (χ2n) is 2.64. The Morgan fingerprint density at radius 1 is 1.45 bits per heavy atom. The first kappa shape index (κ1) is 7.98. The number of aryl methyl sites for hydroxylation is 2. The Hall–Kier alpha value is -1.12. The molecular formula is C8H13N3. The van der Waals surface area contributed by atoms with Crippen LogP contribution < -0.4 is 5.73 Å². The molecular weight excluding hydrogens is 138 g/mol. The molecule has 0 aliphatic heterocycles. The van der Waals surface area contributed by atoms with Crippen molar-refractivity contribution in [3.05, 3.63) is 17.5 Å². The van der Waals surface area contributed by atoms with Crippen molar-refractivity contribution in [2.75, 3.05) is 5.73 Å². The number of nitrogen functional groups attached to an aromatic ring is 1. The van der Waals surface area contributed by atoms with Crippen molar-refractivity contribution in [2.24, 2.45) is 0 Å². The molecule has 0 fully saturated rings. The topological polar surface area (TPSA) is 51.8 Å². The molecule has 3 nitrogen and oxygen atoms in total. The van der Waals surface area contributed by atoms with Gasteiger partial charge in [-0.05, 0) is 19.4 Å². The van der Waals surface area contributed by atoms with Crippen molar-refractivity contribution in [1.29, 1.82) is 0 Å². The van der Waals surface area contributed by atoms with Crippen LogP contribution in [0.2, 0.25) is 0 Å². The number of hydrogen-bond acceptors (Lipinski definition) is 3. The van der Waals surface area contributed by atoms with Gasteiger partial charge in [-0.25, -0.2) is 0 Å². The Labute approximate surface area is 66.6 Å². The molecule has 0 aromatic carbocycles. The van der Waals surface area contributed by atoms with Crippen LogP contribution in [0.1, 0.15) is 24.7 Å². The van der Waals surface area contributed by atoms with Crippen LogP contribution in [-0.2, 0) is 6.42 Å². The van der Waals surface area contributed by atoms with Gasteiger partial charge in [0.15, 0.2) is 0 Å². The first-order chi connectivity index (χ1) is 5.24. The van der Waals surface area contributed by atoms with Crippen LogP contribution in [0.4, 0.5) is 5.69 Å². The lowest BCUT2D eigenvalue weighted by Crippen LogP contribution is -2.00. The van der Waals surface area contributed by atoms with E-state index in [0.717, 1.165) is 29.9 Å². The average Bonchev–Trinajstić information content (AvgIpc) is 1.95. The highest BCUT2D eigenvalue weighted by Gasteiger charge is 1.99. The molecule has 0 bridgehead atoms. The van der Waals surface area contributed by atoms with Crippen LogP contribution in [-0.4, -0.2) is 10.2 Å². The first-order valence-electron chi connectivity index (χ1n) is 3.82. The molecule has 0 saturated carbocycles. The van der Waals surface area contributed by atoms with Crippen molar-refractivity contribution < 1.29 is 0 Å². The van der Waals surface area contributed by atoms with Gasteiger partial charge in [0.2, 0.25) is 0 Å². The summed E-state index contributed by atoms with van der Waals surface area (Å²) >= 11 is 0. The van der Waals surface area contributed by atoms with E-state index in [9.17, 15) is 0 Å². The van der Waals surface area contributed by atoms with E-state index in [0.29, 0.717) is 0 Å². The van der Waals surface area contributed by atoms with Crippen molar-refractivity contribution in [2.45, 2.75) is 26.7 Å². The van der Waals surface area contributed by atoms with Crippen LogP contribution in [0.25, 0.3) is 0 Å². The van der Waals surface area contributed by atoms with E-state index in [2.05, 4.69) is 17.1 Å². The zero-order chi connectivity index (χ0) is 8.27. The van der Waals surface area contributed by atoms with Crippen LogP contribution >= 0.6 is 0 Å².